The van der Waals surface area contributed by atoms with Gasteiger partial charge in [0.05, 0.1) is 6.04 Å². The van der Waals surface area contributed by atoms with Crippen molar-refractivity contribution in [2.75, 3.05) is 0 Å². The Kier molecular flexibility index (Phi) is 9.04. The lowest BCUT2D eigenvalue weighted by Gasteiger charge is -2.25. The van der Waals surface area contributed by atoms with Gasteiger partial charge in [-0.1, -0.05) is 48.0 Å². The topological polar surface area (TPSA) is 93.3 Å². The van der Waals surface area contributed by atoms with Crippen molar-refractivity contribution in [3.63, 3.8) is 0 Å². The maximum atomic E-state index is 12.9. The molecule has 3 unspecified atom stereocenters. The molecule has 34 heavy (non-hydrogen) atoms. The van der Waals surface area contributed by atoms with E-state index in [1.165, 1.54) is 4.88 Å². The Morgan fingerprint density at radius 3 is 2.91 bits per heavy atom. The molecule has 1 aromatic heterocycles. The summed E-state index contributed by atoms with van der Waals surface area (Å²) in [5.41, 5.74) is 3.06. The van der Waals surface area contributed by atoms with E-state index in [-0.39, 0.29) is 23.4 Å². The highest BCUT2D eigenvalue weighted by atomic mass is 35.5. The van der Waals surface area contributed by atoms with E-state index < -0.39 is 11.3 Å². The van der Waals surface area contributed by atoms with Gasteiger partial charge in [-0.05, 0) is 59.4 Å². The quantitative estimate of drug-likeness (QED) is 0.383. The molecular formula is C24H25ClN3O3S3-. The van der Waals surface area contributed by atoms with Crippen LogP contribution in [-0.2, 0) is 22.5 Å². The molecule has 0 fully saturated rings. The Morgan fingerprint density at radius 2 is 2.21 bits per heavy atom. The number of carbonyl (C=O) groups is 1. The van der Waals surface area contributed by atoms with Crippen LogP contribution >= 0.6 is 34.7 Å². The fraction of sp³-hybridized carbons (Fsp3) is 0.292. The maximum Gasteiger partial charge on any atom is 0.220 e. The number of benzene rings is 1. The number of aryl methyl sites for hydroxylation is 1. The summed E-state index contributed by atoms with van der Waals surface area (Å²) in [4.78, 5) is 14.1. The molecule has 4 rings (SSSR count). The number of thiophene rings is 1. The van der Waals surface area contributed by atoms with Crippen LogP contribution in [-0.4, -0.2) is 26.8 Å². The van der Waals surface area contributed by atoms with Crippen LogP contribution in [0, 0.1) is 0 Å². The van der Waals surface area contributed by atoms with Gasteiger partial charge < -0.3 is 15.2 Å². The standard InChI is InChI=1S/C24H26ClN3O3S3/c25-18-4-1-3-16(13-18)8-11-23(29)26-20(14-17-6-9-19(10-7-17)28-34(30)31)21-15-33-24(27-21)22-5-2-12-32-22/h1-7,9,12-13,15,19-20,24,27-28H,8,10-11,14H2,(H,26,29)(H,30,31)/p-1/t19?,20-,24?/m0/s1. The second kappa shape index (κ2) is 12.2. The molecule has 0 radical (unpaired) electrons. The van der Waals surface area contributed by atoms with Gasteiger partial charge in [-0.3, -0.25) is 9.00 Å². The van der Waals surface area contributed by atoms with E-state index in [0.29, 0.717) is 30.7 Å². The lowest BCUT2D eigenvalue weighted by molar-refractivity contribution is -0.121. The first-order valence-corrected chi connectivity index (χ1v) is 14.2. The molecule has 2 aliphatic rings. The molecule has 2 heterocycles. The number of allylic oxidation sites excluding steroid dienone is 1. The zero-order valence-corrected chi connectivity index (χ0v) is 21.4. The van der Waals surface area contributed by atoms with Gasteiger partial charge in [-0.25, -0.2) is 4.72 Å². The number of amides is 1. The van der Waals surface area contributed by atoms with Crippen LogP contribution in [0.4, 0.5) is 0 Å². The molecule has 1 aromatic carbocycles. The highest BCUT2D eigenvalue weighted by Gasteiger charge is 2.27. The highest BCUT2D eigenvalue weighted by Crippen LogP contribution is 2.38. The van der Waals surface area contributed by atoms with Gasteiger partial charge in [0.15, 0.2) is 0 Å². The van der Waals surface area contributed by atoms with Gasteiger partial charge in [0.1, 0.15) is 5.37 Å². The van der Waals surface area contributed by atoms with Crippen LogP contribution in [0.2, 0.25) is 5.02 Å². The van der Waals surface area contributed by atoms with E-state index in [9.17, 15) is 13.6 Å². The van der Waals surface area contributed by atoms with Crippen molar-refractivity contribution in [1.29, 1.82) is 0 Å². The van der Waals surface area contributed by atoms with Crippen molar-refractivity contribution in [3.8, 4) is 0 Å². The molecule has 6 nitrogen and oxygen atoms in total. The molecule has 3 N–H and O–H groups in total. The Balaban J connectivity index is 1.40. The molecular weight excluding hydrogens is 510 g/mol. The van der Waals surface area contributed by atoms with E-state index in [1.807, 2.05) is 48.6 Å². The van der Waals surface area contributed by atoms with Gasteiger partial charge in [0.2, 0.25) is 5.91 Å². The largest absolute Gasteiger partial charge is 0.760 e. The first-order chi connectivity index (χ1) is 16.5. The van der Waals surface area contributed by atoms with Crippen molar-refractivity contribution in [2.45, 2.75) is 43.1 Å². The Morgan fingerprint density at radius 1 is 1.32 bits per heavy atom. The summed E-state index contributed by atoms with van der Waals surface area (Å²) in [6.45, 7) is 0. The lowest BCUT2D eigenvalue weighted by atomic mass is 9.96. The summed E-state index contributed by atoms with van der Waals surface area (Å²) in [6, 6.07) is 11.2. The predicted molar refractivity (Wildman–Crippen MR) is 140 cm³/mol. The van der Waals surface area contributed by atoms with Crippen molar-refractivity contribution in [1.82, 2.24) is 15.4 Å². The molecule has 0 saturated heterocycles. The number of hydrogen-bond donors (Lipinski definition) is 3. The smallest absolute Gasteiger partial charge is 0.220 e. The average molecular weight is 535 g/mol. The summed E-state index contributed by atoms with van der Waals surface area (Å²) in [6.07, 6.45) is 7.97. The third kappa shape index (κ3) is 7.31. The number of rotatable bonds is 10. The SMILES string of the molecule is O=C(CCc1cccc(Cl)c1)N[C@@H](CC1=CCC(NS(=O)[O-])C=C1)C1=CSC(c2cccs2)N1. The molecule has 1 amide bonds. The summed E-state index contributed by atoms with van der Waals surface area (Å²) in [5, 5.41) is 11.7. The molecule has 4 atom stereocenters. The number of carbonyl (C=O) groups excluding carboxylic acids is 1. The van der Waals surface area contributed by atoms with Gasteiger partial charge in [0.25, 0.3) is 0 Å². The van der Waals surface area contributed by atoms with E-state index in [4.69, 9.17) is 11.6 Å². The second-order valence-corrected chi connectivity index (χ2v) is 11.1. The van der Waals surface area contributed by atoms with E-state index in [2.05, 4.69) is 32.2 Å². The predicted octanol–water partition coefficient (Wildman–Crippen LogP) is 4.72. The summed E-state index contributed by atoms with van der Waals surface area (Å²) < 4.78 is 24.3. The number of hydrogen-bond acceptors (Lipinski definition) is 6. The van der Waals surface area contributed by atoms with Crippen LogP contribution in [0.15, 0.2) is 76.7 Å². The van der Waals surface area contributed by atoms with Gasteiger partial charge in [-0.15, -0.1) is 23.1 Å². The third-order valence-electron chi connectivity index (χ3n) is 5.53. The van der Waals surface area contributed by atoms with Gasteiger partial charge >= 0.3 is 0 Å². The minimum Gasteiger partial charge on any atom is -0.760 e. The molecule has 0 spiro atoms. The maximum absolute atomic E-state index is 12.9. The Labute approximate surface area is 215 Å². The Hall–Kier alpha value is -1.88. The van der Waals surface area contributed by atoms with E-state index in [0.717, 1.165) is 16.8 Å². The average Bonchev–Trinajstić information content (AvgIpc) is 3.50. The van der Waals surface area contributed by atoms with Crippen molar-refractivity contribution >= 4 is 51.9 Å². The fourth-order valence-corrected chi connectivity index (χ4v) is 6.39. The van der Waals surface area contributed by atoms with Crippen LogP contribution < -0.4 is 15.4 Å². The van der Waals surface area contributed by atoms with Crippen LogP contribution in [0.25, 0.3) is 0 Å². The molecule has 0 saturated carbocycles. The minimum atomic E-state index is -2.30. The molecule has 10 heteroatoms. The van der Waals surface area contributed by atoms with Crippen LogP contribution in [0.1, 0.15) is 35.1 Å². The van der Waals surface area contributed by atoms with Crippen molar-refractivity contribution in [3.05, 3.63) is 92.1 Å². The molecule has 2 aromatic rings. The zero-order valence-electron chi connectivity index (χ0n) is 18.2. The van der Waals surface area contributed by atoms with Crippen LogP contribution in [0.3, 0.4) is 0 Å². The third-order valence-corrected chi connectivity index (χ3v) is 8.39. The summed E-state index contributed by atoms with van der Waals surface area (Å²) in [5.74, 6) is -0.0288. The molecule has 1 aliphatic heterocycles. The number of halogens is 1. The molecule has 0 bridgehead atoms. The zero-order chi connectivity index (χ0) is 23.9. The molecule has 180 valence electrons. The summed E-state index contributed by atoms with van der Waals surface area (Å²) in [7, 11) is 0. The minimum absolute atomic E-state index is 0.0288. The first-order valence-electron chi connectivity index (χ1n) is 10.9. The number of nitrogens with one attached hydrogen (secondary N) is 3. The van der Waals surface area contributed by atoms with Gasteiger partial charge in [-0.2, -0.15) is 0 Å². The lowest BCUT2D eigenvalue weighted by Crippen LogP contribution is -2.40. The monoisotopic (exact) mass is 534 g/mol. The highest BCUT2D eigenvalue weighted by molar-refractivity contribution is 8.02. The normalized spacial score (nSPS) is 21.4. The fourth-order valence-electron chi connectivity index (χ4n) is 3.84. The first kappa shape index (κ1) is 25.2. The molecule has 1 aliphatic carbocycles. The van der Waals surface area contributed by atoms with Crippen molar-refractivity contribution < 1.29 is 13.6 Å². The van der Waals surface area contributed by atoms with Crippen LogP contribution in [0.5, 0.6) is 0 Å². The van der Waals surface area contributed by atoms with E-state index in [1.54, 1.807) is 23.1 Å². The second-order valence-electron chi connectivity index (χ2n) is 8.04. The van der Waals surface area contributed by atoms with E-state index >= 15 is 0 Å². The Bertz CT molecular complexity index is 1120. The number of thioether (sulfide) groups is 1. The van der Waals surface area contributed by atoms with Gasteiger partial charge in [0, 0.05) is 39.3 Å². The summed E-state index contributed by atoms with van der Waals surface area (Å²) >= 11 is 7.16. The van der Waals surface area contributed by atoms with Crippen molar-refractivity contribution in [2.24, 2.45) is 0 Å².